The molecule has 0 saturated carbocycles. The molecule has 2 saturated heterocycles. The van der Waals surface area contributed by atoms with Crippen LogP contribution >= 0.6 is 0 Å². The molecule has 124 valence electrons. The highest BCUT2D eigenvalue weighted by Crippen LogP contribution is 2.17. The normalized spacial score (nSPS) is 34.3. The maximum atomic E-state index is 6.22. The molecule has 0 aromatic carbocycles. The highest BCUT2D eigenvalue weighted by molar-refractivity contribution is 4.89. The monoisotopic (exact) mass is 298 g/mol. The van der Waals surface area contributed by atoms with E-state index in [1.165, 1.54) is 12.8 Å². The summed E-state index contributed by atoms with van der Waals surface area (Å²) < 4.78 is 6.14. The average molecular weight is 298 g/mol. The van der Waals surface area contributed by atoms with Gasteiger partial charge in [-0.05, 0) is 40.2 Å². The second kappa shape index (κ2) is 7.88. The van der Waals surface area contributed by atoms with E-state index in [9.17, 15) is 0 Å². The van der Waals surface area contributed by atoms with E-state index in [0.717, 1.165) is 39.2 Å². The van der Waals surface area contributed by atoms with Crippen molar-refractivity contribution >= 4 is 0 Å². The van der Waals surface area contributed by atoms with Gasteiger partial charge in [0.25, 0.3) is 0 Å². The van der Waals surface area contributed by atoms with Crippen molar-refractivity contribution in [3.05, 3.63) is 0 Å². The molecule has 4 atom stereocenters. The quantitative estimate of drug-likeness (QED) is 0.779. The van der Waals surface area contributed by atoms with Crippen LogP contribution in [-0.4, -0.2) is 72.9 Å². The van der Waals surface area contributed by atoms with Gasteiger partial charge in [0, 0.05) is 43.8 Å². The molecule has 21 heavy (non-hydrogen) atoms. The first-order valence-corrected chi connectivity index (χ1v) is 8.58. The minimum Gasteiger partial charge on any atom is -0.374 e. The first-order chi connectivity index (χ1) is 9.97. The molecule has 4 N–H and O–H groups in total. The van der Waals surface area contributed by atoms with Crippen LogP contribution < -0.4 is 11.5 Å². The highest BCUT2D eigenvalue weighted by atomic mass is 16.5. The Morgan fingerprint density at radius 1 is 1.05 bits per heavy atom. The summed E-state index contributed by atoms with van der Waals surface area (Å²) in [7, 11) is 0. The Morgan fingerprint density at radius 3 is 2.48 bits per heavy atom. The van der Waals surface area contributed by atoms with E-state index >= 15 is 0 Å². The van der Waals surface area contributed by atoms with Crippen molar-refractivity contribution in [3.63, 3.8) is 0 Å². The number of likely N-dealkylation sites (tertiary alicyclic amines) is 2. The first-order valence-electron chi connectivity index (χ1n) is 8.58. The molecule has 0 aromatic rings. The second-order valence-electron chi connectivity index (χ2n) is 7.18. The molecule has 0 aromatic heterocycles. The van der Waals surface area contributed by atoms with Crippen molar-refractivity contribution in [3.8, 4) is 0 Å². The topological polar surface area (TPSA) is 67.8 Å². The van der Waals surface area contributed by atoms with Gasteiger partial charge in [0.05, 0.1) is 12.7 Å². The maximum absolute atomic E-state index is 6.22. The molecule has 0 aliphatic carbocycles. The first kappa shape index (κ1) is 17.2. The van der Waals surface area contributed by atoms with Crippen LogP contribution in [0.3, 0.4) is 0 Å². The van der Waals surface area contributed by atoms with Crippen LogP contribution in [0.15, 0.2) is 0 Å². The van der Waals surface area contributed by atoms with Crippen molar-refractivity contribution < 1.29 is 4.74 Å². The number of rotatable bonds is 5. The summed E-state index contributed by atoms with van der Waals surface area (Å²) in [4.78, 5) is 4.89. The highest BCUT2D eigenvalue weighted by Gasteiger charge is 2.32. The second-order valence-corrected chi connectivity index (χ2v) is 7.18. The van der Waals surface area contributed by atoms with Gasteiger partial charge in [-0.2, -0.15) is 0 Å². The Labute approximate surface area is 130 Å². The van der Waals surface area contributed by atoms with Crippen LogP contribution in [0, 0.1) is 0 Å². The molecule has 2 heterocycles. The summed E-state index contributed by atoms with van der Waals surface area (Å²) in [5, 5.41) is 0. The fourth-order valence-electron chi connectivity index (χ4n) is 3.40. The number of hydrogen-bond donors (Lipinski definition) is 2. The lowest BCUT2D eigenvalue weighted by Gasteiger charge is -2.30. The van der Waals surface area contributed by atoms with Crippen molar-refractivity contribution in [2.45, 2.75) is 70.3 Å². The van der Waals surface area contributed by atoms with Crippen molar-refractivity contribution in [1.82, 2.24) is 9.80 Å². The van der Waals surface area contributed by atoms with Gasteiger partial charge in [-0.25, -0.2) is 0 Å². The van der Waals surface area contributed by atoms with Crippen LogP contribution in [0.1, 0.15) is 40.0 Å². The lowest BCUT2D eigenvalue weighted by Crippen LogP contribution is -2.45. The molecule has 2 rings (SSSR count). The van der Waals surface area contributed by atoms with E-state index in [1.807, 2.05) is 0 Å². The molecule has 5 heteroatoms. The van der Waals surface area contributed by atoms with E-state index in [-0.39, 0.29) is 12.1 Å². The Hall–Kier alpha value is -0.200. The summed E-state index contributed by atoms with van der Waals surface area (Å²) in [6.45, 7) is 11.5. The third kappa shape index (κ3) is 4.89. The molecule has 0 spiro atoms. The van der Waals surface area contributed by atoms with E-state index < -0.39 is 0 Å². The van der Waals surface area contributed by atoms with Gasteiger partial charge in [-0.15, -0.1) is 0 Å². The molecule has 2 fully saturated rings. The molecule has 5 nitrogen and oxygen atoms in total. The minimum atomic E-state index is 0.144. The average Bonchev–Trinajstić information content (AvgIpc) is 2.66. The predicted molar refractivity (Wildman–Crippen MR) is 87.3 cm³/mol. The van der Waals surface area contributed by atoms with Crippen LogP contribution in [0.5, 0.6) is 0 Å². The Morgan fingerprint density at radius 2 is 1.81 bits per heavy atom. The summed E-state index contributed by atoms with van der Waals surface area (Å²) in [6.07, 6.45) is 3.83. The zero-order chi connectivity index (χ0) is 15.4. The van der Waals surface area contributed by atoms with Gasteiger partial charge < -0.3 is 16.2 Å². The van der Waals surface area contributed by atoms with Gasteiger partial charge in [-0.3, -0.25) is 9.80 Å². The molecular formula is C16H34N4O. The zero-order valence-corrected chi connectivity index (χ0v) is 14.0. The Balaban J connectivity index is 1.76. The molecule has 2 aliphatic rings. The smallest absolute Gasteiger partial charge is 0.0865 e. The summed E-state index contributed by atoms with van der Waals surface area (Å²) in [5.74, 6) is 0. The van der Waals surface area contributed by atoms with Crippen LogP contribution in [0.2, 0.25) is 0 Å². The van der Waals surface area contributed by atoms with E-state index in [2.05, 4.69) is 30.6 Å². The molecule has 2 aliphatic heterocycles. The Kier molecular flexibility index (Phi) is 6.44. The predicted octanol–water partition coefficient (Wildman–Crippen LogP) is 0.625. The molecule has 4 unspecified atom stereocenters. The maximum Gasteiger partial charge on any atom is 0.0865 e. The SMILES string of the molecule is CC(C)N1CC(N)C(OCC(C)N2CCCCC(N)C2)C1. The van der Waals surface area contributed by atoms with Crippen LogP contribution in [0.25, 0.3) is 0 Å². The number of nitrogens with two attached hydrogens (primary N) is 2. The lowest BCUT2D eigenvalue weighted by atomic mass is 10.1. The van der Waals surface area contributed by atoms with Crippen molar-refractivity contribution in [2.75, 3.05) is 32.8 Å². The van der Waals surface area contributed by atoms with Gasteiger partial charge in [0.15, 0.2) is 0 Å². The van der Waals surface area contributed by atoms with Crippen LogP contribution in [0.4, 0.5) is 0 Å². The van der Waals surface area contributed by atoms with E-state index in [1.54, 1.807) is 0 Å². The standard InChI is InChI=1S/C16H34N4O/c1-12(2)20-9-15(18)16(10-20)21-11-13(3)19-7-5-4-6-14(17)8-19/h12-16H,4-11,17-18H2,1-3H3. The lowest BCUT2D eigenvalue weighted by molar-refractivity contribution is 0.0104. The van der Waals surface area contributed by atoms with Gasteiger partial charge in [0.2, 0.25) is 0 Å². The molecule has 0 amide bonds. The summed E-state index contributed by atoms with van der Waals surface area (Å²) in [5.41, 5.74) is 12.4. The Bertz CT molecular complexity index is 313. The largest absolute Gasteiger partial charge is 0.374 e. The number of hydrogen-bond acceptors (Lipinski definition) is 5. The third-order valence-corrected chi connectivity index (χ3v) is 4.98. The molecular weight excluding hydrogens is 264 g/mol. The number of nitrogens with zero attached hydrogens (tertiary/aromatic N) is 2. The molecule has 0 bridgehead atoms. The van der Waals surface area contributed by atoms with Crippen molar-refractivity contribution in [2.24, 2.45) is 11.5 Å². The van der Waals surface area contributed by atoms with Gasteiger partial charge in [0.1, 0.15) is 0 Å². The zero-order valence-electron chi connectivity index (χ0n) is 14.0. The fourth-order valence-corrected chi connectivity index (χ4v) is 3.40. The number of ether oxygens (including phenoxy) is 1. The van der Waals surface area contributed by atoms with Gasteiger partial charge in [-0.1, -0.05) is 6.42 Å². The third-order valence-electron chi connectivity index (χ3n) is 4.98. The van der Waals surface area contributed by atoms with E-state index in [4.69, 9.17) is 16.2 Å². The van der Waals surface area contributed by atoms with Gasteiger partial charge >= 0.3 is 0 Å². The summed E-state index contributed by atoms with van der Waals surface area (Å²) in [6, 6.07) is 1.44. The summed E-state index contributed by atoms with van der Waals surface area (Å²) >= 11 is 0. The van der Waals surface area contributed by atoms with E-state index in [0.29, 0.717) is 18.1 Å². The van der Waals surface area contributed by atoms with Crippen molar-refractivity contribution in [1.29, 1.82) is 0 Å². The minimum absolute atomic E-state index is 0.144. The fraction of sp³-hybridized carbons (Fsp3) is 1.00. The van der Waals surface area contributed by atoms with Crippen LogP contribution in [-0.2, 0) is 4.74 Å². The molecule has 0 radical (unpaired) electrons.